The van der Waals surface area contributed by atoms with E-state index in [1.807, 2.05) is 50.2 Å². The minimum Gasteiger partial charge on any atom is -0.321 e. The SMILES string of the molecule is Cc1ccc(NC(=O)c2ccc(=O)n(CCC(=O)N3c4ccccc4CC3C)n2)cc1. The first-order valence-electron chi connectivity index (χ1n) is 10.3. The average molecular weight is 416 g/mol. The Bertz CT molecular complexity index is 1180. The van der Waals surface area contributed by atoms with Gasteiger partial charge < -0.3 is 10.2 Å². The quantitative estimate of drug-likeness (QED) is 0.692. The Morgan fingerprint density at radius 2 is 1.81 bits per heavy atom. The van der Waals surface area contributed by atoms with Gasteiger partial charge in [-0.05, 0) is 50.1 Å². The van der Waals surface area contributed by atoms with Crippen molar-refractivity contribution in [1.82, 2.24) is 9.78 Å². The first kappa shape index (κ1) is 20.5. The Morgan fingerprint density at radius 3 is 2.58 bits per heavy atom. The van der Waals surface area contributed by atoms with E-state index in [4.69, 9.17) is 0 Å². The topological polar surface area (TPSA) is 84.3 Å². The molecule has 2 aromatic carbocycles. The predicted octanol–water partition coefficient (Wildman–Crippen LogP) is 3.17. The summed E-state index contributed by atoms with van der Waals surface area (Å²) in [5.74, 6) is -0.480. The zero-order valence-corrected chi connectivity index (χ0v) is 17.5. The van der Waals surface area contributed by atoms with Gasteiger partial charge in [-0.25, -0.2) is 4.68 Å². The lowest BCUT2D eigenvalue weighted by molar-refractivity contribution is -0.119. The molecule has 31 heavy (non-hydrogen) atoms. The van der Waals surface area contributed by atoms with Crippen molar-refractivity contribution in [1.29, 1.82) is 0 Å². The number of hydrogen-bond donors (Lipinski definition) is 1. The number of aryl methyl sites for hydroxylation is 2. The van der Waals surface area contributed by atoms with Crippen LogP contribution in [0.5, 0.6) is 0 Å². The van der Waals surface area contributed by atoms with Gasteiger partial charge in [-0.1, -0.05) is 35.9 Å². The predicted molar refractivity (Wildman–Crippen MR) is 119 cm³/mol. The molecule has 0 fully saturated rings. The number of hydrogen-bond acceptors (Lipinski definition) is 4. The molecule has 7 heteroatoms. The molecule has 3 aromatic rings. The lowest BCUT2D eigenvalue weighted by Crippen LogP contribution is -2.37. The fraction of sp³-hybridized carbons (Fsp3) is 0.250. The first-order chi connectivity index (χ1) is 14.9. The van der Waals surface area contributed by atoms with Crippen molar-refractivity contribution in [3.63, 3.8) is 0 Å². The molecule has 1 N–H and O–H groups in total. The Kier molecular flexibility index (Phi) is 5.66. The van der Waals surface area contributed by atoms with E-state index in [0.29, 0.717) is 5.69 Å². The summed E-state index contributed by atoms with van der Waals surface area (Å²) in [7, 11) is 0. The summed E-state index contributed by atoms with van der Waals surface area (Å²) in [6, 6.07) is 18.0. The van der Waals surface area contributed by atoms with Gasteiger partial charge in [0.1, 0.15) is 5.69 Å². The van der Waals surface area contributed by atoms with E-state index in [-0.39, 0.29) is 36.2 Å². The number of benzene rings is 2. The summed E-state index contributed by atoms with van der Waals surface area (Å²) in [5.41, 5.74) is 3.57. The van der Waals surface area contributed by atoms with E-state index in [0.717, 1.165) is 23.2 Å². The molecule has 1 aliphatic heterocycles. The van der Waals surface area contributed by atoms with Gasteiger partial charge in [0, 0.05) is 29.9 Å². The summed E-state index contributed by atoms with van der Waals surface area (Å²) in [6.07, 6.45) is 0.934. The standard InChI is InChI=1S/C24H24N4O3/c1-16-7-9-19(10-8-16)25-24(31)20-11-12-22(29)27(26-20)14-13-23(30)28-17(2)15-18-5-3-4-6-21(18)28/h3-12,17H,13-15H2,1-2H3,(H,25,31). The maximum absolute atomic E-state index is 12.9. The summed E-state index contributed by atoms with van der Waals surface area (Å²) in [6.45, 7) is 4.08. The zero-order valence-electron chi connectivity index (χ0n) is 17.5. The van der Waals surface area contributed by atoms with Gasteiger partial charge in [-0.2, -0.15) is 5.10 Å². The molecular weight excluding hydrogens is 392 g/mol. The minimum atomic E-state index is -0.411. The zero-order chi connectivity index (χ0) is 22.0. The molecule has 0 spiro atoms. The third-order valence-corrected chi connectivity index (χ3v) is 5.42. The molecule has 0 bridgehead atoms. The summed E-state index contributed by atoms with van der Waals surface area (Å²) < 4.78 is 1.18. The summed E-state index contributed by atoms with van der Waals surface area (Å²) >= 11 is 0. The maximum atomic E-state index is 12.9. The molecule has 2 heterocycles. The van der Waals surface area contributed by atoms with Gasteiger partial charge >= 0.3 is 0 Å². The minimum absolute atomic E-state index is 0.0688. The van der Waals surface area contributed by atoms with Crippen molar-refractivity contribution in [2.24, 2.45) is 0 Å². The van der Waals surface area contributed by atoms with Crippen LogP contribution in [-0.4, -0.2) is 27.6 Å². The van der Waals surface area contributed by atoms with Crippen molar-refractivity contribution in [2.45, 2.75) is 39.3 Å². The Labute approximate surface area is 180 Å². The molecule has 1 aliphatic rings. The van der Waals surface area contributed by atoms with Crippen molar-refractivity contribution < 1.29 is 9.59 Å². The number of aromatic nitrogens is 2. The molecular formula is C24H24N4O3. The highest BCUT2D eigenvalue weighted by Gasteiger charge is 2.30. The lowest BCUT2D eigenvalue weighted by Gasteiger charge is -2.22. The number of nitrogens with zero attached hydrogens (tertiary/aromatic N) is 3. The second-order valence-electron chi connectivity index (χ2n) is 7.80. The van der Waals surface area contributed by atoms with Crippen LogP contribution < -0.4 is 15.8 Å². The molecule has 1 aromatic heterocycles. The molecule has 0 saturated carbocycles. The van der Waals surface area contributed by atoms with E-state index in [2.05, 4.69) is 10.4 Å². The number of anilines is 2. The van der Waals surface area contributed by atoms with E-state index < -0.39 is 5.91 Å². The normalized spacial score (nSPS) is 14.9. The van der Waals surface area contributed by atoms with Gasteiger partial charge in [0.05, 0.1) is 6.54 Å². The molecule has 7 nitrogen and oxygen atoms in total. The van der Waals surface area contributed by atoms with Crippen LogP contribution in [-0.2, 0) is 17.8 Å². The molecule has 4 rings (SSSR count). The first-order valence-corrected chi connectivity index (χ1v) is 10.3. The Morgan fingerprint density at radius 1 is 1.06 bits per heavy atom. The van der Waals surface area contributed by atoms with E-state index in [1.54, 1.807) is 17.0 Å². The number of carbonyl (C=O) groups is 2. The summed E-state index contributed by atoms with van der Waals surface area (Å²) in [5, 5.41) is 6.94. The number of para-hydroxylation sites is 1. The van der Waals surface area contributed by atoms with Crippen LogP contribution in [0, 0.1) is 6.92 Å². The van der Waals surface area contributed by atoms with Gasteiger partial charge in [0.2, 0.25) is 5.91 Å². The van der Waals surface area contributed by atoms with Crippen LogP contribution in [0.25, 0.3) is 0 Å². The third kappa shape index (κ3) is 4.40. The van der Waals surface area contributed by atoms with Crippen LogP contribution in [0.1, 0.15) is 35.0 Å². The van der Waals surface area contributed by atoms with Gasteiger partial charge in [0.15, 0.2) is 0 Å². The van der Waals surface area contributed by atoms with Crippen LogP contribution in [0.2, 0.25) is 0 Å². The van der Waals surface area contributed by atoms with Crippen LogP contribution in [0.15, 0.2) is 65.5 Å². The average Bonchev–Trinajstić information content (AvgIpc) is 3.10. The molecule has 2 amide bonds. The molecule has 0 radical (unpaired) electrons. The smallest absolute Gasteiger partial charge is 0.276 e. The lowest BCUT2D eigenvalue weighted by atomic mass is 10.1. The highest BCUT2D eigenvalue weighted by atomic mass is 16.2. The number of nitrogens with one attached hydrogen (secondary N) is 1. The maximum Gasteiger partial charge on any atom is 0.276 e. The Hall–Kier alpha value is -3.74. The highest BCUT2D eigenvalue weighted by Crippen LogP contribution is 2.32. The number of carbonyl (C=O) groups excluding carboxylic acids is 2. The van der Waals surface area contributed by atoms with Gasteiger partial charge in [-0.3, -0.25) is 14.4 Å². The Balaban J connectivity index is 1.45. The van der Waals surface area contributed by atoms with Gasteiger partial charge in [-0.15, -0.1) is 0 Å². The fourth-order valence-electron chi connectivity index (χ4n) is 3.83. The van der Waals surface area contributed by atoms with Gasteiger partial charge in [0.25, 0.3) is 11.5 Å². The van der Waals surface area contributed by atoms with E-state index in [9.17, 15) is 14.4 Å². The molecule has 0 aliphatic carbocycles. The van der Waals surface area contributed by atoms with E-state index >= 15 is 0 Å². The van der Waals surface area contributed by atoms with Crippen molar-refractivity contribution in [3.8, 4) is 0 Å². The fourth-order valence-corrected chi connectivity index (χ4v) is 3.83. The van der Waals surface area contributed by atoms with Crippen molar-refractivity contribution >= 4 is 23.2 Å². The number of rotatable bonds is 5. The van der Waals surface area contributed by atoms with Crippen LogP contribution in [0.4, 0.5) is 11.4 Å². The van der Waals surface area contributed by atoms with Crippen molar-refractivity contribution in [3.05, 3.63) is 87.8 Å². The number of fused-ring (bicyclic) bond motifs is 1. The molecule has 0 saturated heterocycles. The molecule has 1 unspecified atom stereocenters. The third-order valence-electron chi connectivity index (χ3n) is 5.42. The van der Waals surface area contributed by atoms with Crippen LogP contribution >= 0.6 is 0 Å². The monoisotopic (exact) mass is 416 g/mol. The molecule has 1 atom stereocenters. The van der Waals surface area contributed by atoms with E-state index in [1.165, 1.54) is 16.8 Å². The van der Waals surface area contributed by atoms with Crippen LogP contribution in [0.3, 0.4) is 0 Å². The second-order valence-corrected chi connectivity index (χ2v) is 7.80. The highest BCUT2D eigenvalue weighted by molar-refractivity contribution is 6.02. The second kappa shape index (κ2) is 8.55. The molecule has 158 valence electrons. The summed E-state index contributed by atoms with van der Waals surface area (Å²) in [4.78, 5) is 39.4. The largest absolute Gasteiger partial charge is 0.321 e. The van der Waals surface area contributed by atoms with Crippen molar-refractivity contribution in [2.75, 3.05) is 10.2 Å². The number of amides is 2.